The maximum absolute atomic E-state index is 13.5. The van der Waals surface area contributed by atoms with E-state index in [4.69, 9.17) is 16.3 Å². The molecular weight excluding hydrogens is 530 g/mol. The van der Waals surface area contributed by atoms with E-state index in [9.17, 15) is 9.59 Å². The molecule has 0 spiro atoms. The van der Waals surface area contributed by atoms with Crippen LogP contribution in [0.15, 0.2) is 81.1 Å². The number of hydrazone groups is 1. The molecule has 0 unspecified atom stereocenters. The average Bonchev–Trinajstić information content (AvgIpc) is 3.29. The monoisotopic (exact) mass is 549 g/mol. The first-order chi connectivity index (χ1) is 16.9. The standard InChI is InChI=1S/C27H21BrClN3O3/c1-15(33)32-24(16-5-4-8-20(12-16)35-2)14-23(31-32)26-25(17-6-3-7-19(29)11-17)21-13-18(28)9-10-22(21)30-27(26)34/h3-13,24H,14H2,1-2H3,(H,30,34)/t24-/m1/s1. The van der Waals surface area contributed by atoms with Crippen molar-refractivity contribution in [1.29, 1.82) is 0 Å². The number of aromatic nitrogens is 1. The summed E-state index contributed by atoms with van der Waals surface area (Å²) in [4.78, 5) is 29.1. The summed E-state index contributed by atoms with van der Waals surface area (Å²) in [6.07, 6.45) is 0.378. The van der Waals surface area contributed by atoms with Crippen molar-refractivity contribution < 1.29 is 9.53 Å². The Hall–Kier alpha value is -3.42. The van der Waals surface area contributed by atoms with E-state index in [1.165, 1.54) is 11.9 Å². The number of nitrogens with zero attached hydrogens (tertiary/aromatic N) is 2. The third-order valence-electron chi connectivity index (χ3n) is 6.09. The zero-order valence-electron chi connectivity index (χ0n) is 19.0. The van der Waals surface area contributed by atoms with E-state index in [0.29, 0.717) is 34.0 Å². The van der Waals surface area contributed by atoms with Crippen LogP contribution in [0.2, 0.25) is 5.02 Å². The van der Waals surface area contributed by atoms with Crippen molar-refractivity contribution in [3.05, 3.63) is 97.7 Å². The predicted molar refractivity (Wildman–Crippen MR) is 142 cm³/mol. The number of methoxy groups -OCH3 is 1. The van der Waals surface area contributed by atoms with Gasteiger partial charge >= 0.3 is 0 Å². The van der Waals surface area contributed by atoms with Crippen LogP contribution in [0.1, 0.15) is 30.5 Å². The van der Waals surface area contributed by atoms with E-state index >= 15 is 0 Å². The molecule has 1 amide bonds. The Morgan fingerprint density at radius 1 is 1.11 bits per heavy atom. The second-order valence-corrected chi connectivity index (χ2v) is 9.66. The Morgan fingerprint density at radius 3 is 2.66 bits per heavy atom. The highest BCUT2D eigenvalue weighted by Gasteiger charge is 2.34. The van der Waals surface area contributed by atoms with Gasteiger partial charge in [-0.15, -0.1) is 0 Å². The molecule has 0 saturated heterocycles. The summed E-state index contributed by atoms with van der Waals surface area (Å²) in [5, 5.41) is 7.51. The number of pyridine rings is 1. The fraction of sp³-hybridized carbons (Fsp3) is 0.148. The van der Waals surface area contributed by atoms with Gasteiger partial charge in [0, 0.05) is 39.3 Å². The van der Waals surface area contributed by atoms with Gasteiger partial charge in [-0.1, -0.05) is 51.8 Å². The third-order valence-corrected chi connectivity index (χ3v) is 6.82. The van der Waals surface area contributed by atoms with E-state index in [1.54, 1.807) is 13.2 Å². The van der Waals surface area contributed by atoms with Crippen LogP contribution in [0.5, 0.6) is 5.75 Å². The summed E-state index contributed by atoms with van der Waals surface area (Å²) >= 11 is 9.88. The fourth-order valence-electron chi connectivity index (χ4n) is 4.54. The van der Waals surface area contributed by atoms with Crippen molar-refractivity contribution in [3.8, 4) is 16.9 Å². The minimum absolute atomic E-state index is 0.211. The molecule has 1 aromatic heterocycles. The quantitative estimate of drug-likeness (QED) is 0.323. The van der Waals surface area contributed by atoms with Gasteiger partial charge in [-0.05, 0) is 53.6 Å². The van der Waals surface area contributed by atoms with Crippen LogP contribution >= 0.6 is 27.5 Å². The number of rotatable bonds is 4. The van der Waals surface area contributed by atoms with E-state index < -0.39 is 0 Å². The lowest BCUT2D eigenvalue weighted by Gasteiger charge is -2.20. The first kappa shape index (κ1) is 23.3. The summed E-state index contributed by atoms with van der Waals surface area (Å²) in [6.45, 7) is 1.47. The van der Waals surface area contributed by atoms with Gasteiger partial charge in [0.15, 0.2) is 0 Å². The maximum atomic E-state index is 13.5. The number of ether oxygens (including phenoxy) is 1. The third kappa shape index (κ3) is 4.37. The molecule has 5 rings (SSSR count). The largest absolute Gasteiger partial charge is 0.497 e. The highest BCUT2D eigenvalue weighted by Crippen LogP contribution is 2.38. The van der Waals surface area contributed by atoms with E-state index in [0.717, 1.165) is 26.5 Å². The number of hydrogen-bond acceptors (Lipinski definition) is 4. The van der Waals surface area contributed by atoms with Crippen LogP contribution in [0.25, 0.3) is 22.0 Å². The number of nitrogens with one attached hydrogen (secondary N) is 1. The van der Waals surface area contributed by atoms with Crippen LogP contribution in [0, 0.1) is 0 Å². The predicted octanol–water partition coefficient (Wildman–Crippen LogP) is 6.32. The number of carbonyl (C=O) groups excluding carboxylic acids is 1. The lowest BCUT2D eigenvalue weighted by molar-refractivity contribution is -0.130. The van der Waals surface area contributed by atoms with Gasteiger partial charge in [0.2, 0.25) is 5.91 Å². The lowest BCUT2D eigenvalue weighted by atomic mass is 9.91. The summed E-state index contributed by atoms with van der Waals surface area (Å²) in [5.41, 5.74) is 3.78. The molecule has 1 aliphatic rings. The molecule has 6 nitrogen and oxygen atoms in total. The number of aromatic amines is 1. The first-order valence-electron chi connectivity index (χ1n) is 11.0. The maximum Gasteiger partial charge on any atom is 0.258 e. The molecule has 0 fully saturated rings. The Morgan fingerprint density at radius 2 is 1.91 bits per heavy atom. The number of benzene rings is 3. The van der Waals surface area contributed by atoms with E-state index in [1.807, 2.05) is 60.7 Å². The number of H-pyrrole nitrogens is 1. The summed E-state index contributed by atoms with van der Waals surface area (Å²) in [6, 6.07) is 20.3. The average molecular weight is 551 g/mol. The number of fused-ring (bicyclic) bond motifs is 1. The van der Waals surface area contributed by atoms with Gasteiger partial charge in [0.25, 0.3) is 5.56 Å². The summed E-state index contributed by atoms with van der Waals surface area (Å²) < 4.78 is 6.25. The first-order valence-corrected chi connectivity index (χ1v) is 12.2. The number of amides is 1. The minimum atomic E-state index is -0.359. The molecule has 0 aliphatic carbocycles. The lowest BCUT2D eigenvalue weighted by Crippen LogP contribution is -2.24. The van der Waals surface area contributed by atoms with Gasteiger partial charge in [-0.3, -0.25) is 9.59 Å². The van der Waals surface area contributed by atoms with Gasteiger partial charge in [0.05, 0.1) is 24.4 Å². The van der Waals surface area contributed by atoms with Crippen LogP contribution in [-0.4, -0.2) is 28.7 Å². The smallest absolute Gasteiger partial charge is 0.258 e. The molecule has 176 valence electrons. The van der Waals surface area contributed by atoms with Crippen molar-refractivity contribution in [2.45, 2.75) is 19.4 Å². The van der Waals surface area contributed by atoms with Crippen molar-refractivity contribution in [3.63, 3.8) is 0 Å². The molecule has 1 aliphatic heterocycles. The number of halogens is 2. The Kier molecular flexibility index (Phi) is 6.21. The zero-order valence-corrected chi connectivity index (χ0v) is 21.4. The van der Waals surface area contributed by atoms with E-state index in [-0.39, 0.29) is 17.5 Å². The SMILES string of the molecule is COc1cccc([C@H]2CC(c3c(-c4cccc(Cl)c4)c4cc(Br)ccc4[nH]c3=O)=NN2C(C)=O)c1. The van der Waals surface area contributed by atoms with Gasteiger partial charge < -0.3 is 9.72 Å². The molecular formula is C27H21BrClN3O3. The van der Waals surface area contributed by atoms with Crippen molar-refractivity contribution >= 4 is 50.1 Å². The Balaban J connectivity index is 1.74. The van der Waals surface area contributed by atoms with Crippen LogP contribution in [0.4, 0.5) is 0 Å². The molecule has 4 aromatic rings. The summed E-state index contributed by atoms with van der Waals surface area (Å²) in [5.74, 6) is 0.476. The molecule has 3 aromatic carbocycles. The highest BCUT2D eigenvalue weighted by molar-refractivity contribution is 9.10. The molecule has 0 bridgehead atoms. The van der Waals surface area contributed by atoms with Gasteiger partial charge in [0.1, 0.15) is 5.75 Å². The van der Waals surface area contributed by atoms with Crippen LogP contribution in [-0.2, 0) is 4.79 Å². The molecule has 1 N–H and O–H groups in total. The molecule has 1 atom stereocenters. The molecule has 2 heterocycles. The molecule has 8 heteroatoms. The second-order valence-electron chi connectivity index (χ2n) is 8.31. The molecule has 0 radical (unpaired) electrons. The molecule has 0 saturated carbocycles. The van der Waals surface area contributed by atoms with Crippen molar-refractivity contribution in [2.75, 3.05) is 7.11 Å². The minimum Gasteiger partial charge on any atom is -0.497 e. The zero-order chi connectivity index (χ0) is 24.7. The number of hydrogen-bond donors (Lipinski definition) is 1. The van der Waals surface area contributed by atoms with Crippen molar-refractivity contribution in [2.24, 2.45) is 5.10 Å². The fourth-order valence-corrected chi connectivity index (χ4v) is 5.10. The van der Waals surface area contributed by atoms with Gasteiger partial charge in [-0.2, -0.15) is 5.10 Å². The van der Waals surface area contributed by atoms with Gasteiger partial charge in [-0.25, -0.2) is 5.01 Å². The Labute approximate surface area is 215 Å². The van der Waals surface area contributed by atoms with Crippen LogP contribution < -0.4 is 10.3 Å². The highest BCUT2D eigenvalue weighted by atomic mass is 79.9. The van der Waals surface area contributed by atoms with Crippen LogP contribution in [0.3, 0.4) is 0 Å². The number of carbonyl (C=O) groups is 1. The Bertz CT molecular complexity index is 1560. The topological polar surface area (TPSA) is 74.8 Å². The van der Waals surface area contributed by atoms with E-state index in [2.05, 4.69) is 26.0 Å². The molecule has 35 heavy (non-hydrogen) atoms. The normalized spacial score (nSPS) is 15.4. The van der Waals surface area contributed by atoms with Crippen molar-refractivity contribution in [1.82, 2.24) is 9.99 Å². The second kappa shape index (κ2) is 9.32. The summed E-state index contributed by atoms with van der Waals surface area (Å²) in [7, 11) is 1.60.